The van der Waals surface area contributed by atoms with Crippen LogP contribution in [-0.2, 0) is 14.8 Å². The Balaban J connectivity index is 2.04. The Bertz CT molecular complexity index is 930. The Hall–Kier alpha value is -2.34. The second kappa shape index (κ2) is 7.72. The van der Waals surface area contributed by atoms with E-state index in [4.69, 9.17) is 0 Å². The number of carbonyl (C=O) groups is 1. The highest BCUT2D eigenvalue weighted by Gasteiger charge is 2.30. The van der Waals surface area contributed by atoms with E-state index in [2.05, 4.69) is 0 Å². The molecule has 27 heavy (non-hydrogen) atoms. The molecule has 2 aromatic carbocycles. The van der Waals surface area contributed by atoms with E-state index in [0.717, 1.165) is 29.5 Å². The first-order valence-corrected chi connectivity index (χ1v) is 10.7. The number of aryl methyl sites for hydroxylation is 2. The van der Waals surface area contributed by atoms with E-state index in [1.807, 2.05) is 32.9 Å². The Morgan fingerprint density at radius 2 is 1.63 bits per heavy atom. The molecule has 0 unspecified atom stereocenters. The van der Waals surface area contributed by atoms with Crippen molar-refractivity contribution in [3.63, 3.8) is 0 Å². The first-order chi connectivity index (χ1) is 12.8. The van der Waals surface area contributed by atoms with E-state index in [1.165, 1.54) is 4.31 Å². The number of amides is 1. The predicted molar refractivity (Wildman–Crippen MR) is 107 cm³/mol. The van der Waals surface area contributed by atoms with Crippen LogP contribution in [0.2, 0.25) is 0 Å². The lowest BCUT2D eigenvalue weighted by Crippen LogP contribution is -2.42. The molecule has 144 valence electrons. The lowest BCUT2D eigenvalue weighted by molar-refractivity contribution is -0.128. The standard InChI is InChI=1S/C21H26N2O3S/c1-16-9-11-19(12-10-16)27(25,26)23(15-21(24)22-13-4-5-14-22)20-8-6-7-17(2)18(20)3/h6-12H,4-5,13-15H2,1-3H3. The third-order valence-electron chi connectivity index (χ3n) is 5.19. The summed E-state index contributed by atoms with van der Waals surface area (Å²) in [5, 5.41) is 0. The van der Waals surface area contributed by atoms with Crippen molar-refractivity contribution < 1.29 is 13.2 Å². The van der Waals surface area contributed by atoms with E-state index in [-0.39, 0.29) is 17.3 Å². The van der Waals surface area contributed by atoms with Crippen molar-refractivity contribution in [3.8, 4) is 0 Å². The van der Waals surface area contributed by atoms with Gasteiger partial charge in [0.15, 0.2) is 0 Å². The van der Waals surface area contributed by atoms with Gasteiger partial charge >= 0.3 is 0 Å². The summed E-state index contributed by atoms with van der Waals surface area (Å²) in [6, 6.07) is 12.3. The van der Waals surface area contributed by atoms with Crippen molar-refractivity contribution >= 4 is 21.6 Å². The van der Waals surface area contributed by atoms with Crippen LogP contribution in [-0.4, -0.2) is 38.9 Å². The number of hydrogen-bond acceptors (Lipinski definition) is 3. The third-order valence-corrected chi connectivity index (χ3v) is 6.97. The van der Waals surface area contributed by atoms with Crippen LogP contribution in [0.5, 0.6) is 0 Å². The van der Waals surface area contributed by atoms with Gasteiger partial charge in [-0.15, -0.1) is 0 Å². The molecule has 1 saturated heterocycles. The average Bonchev–Trinajstić information content (AvgIpc) is 3.17. The Morgan fingerprint density at radius 1 is 1.00 bits per heavy atom. The summed E-state index contributed by atoms with van der Waals surface area (Å²) in [6.45, 7) is 6.96. The molecule has 2 aromatic rings. The summed E-state index contributed by atoms with van der Waals surface area (Å²) < 4.78 is 28.1. The molecule has 0 bridgehead atoms. The molecule has 0 radical (unpaired) electrons. The number of benzene rings is 2. The molecule has 1 heterocycles. The minimum atomic E-state index is -3.85. The highest BCUT2D eigenvalue weighted by atomic mass is 32.2. The topological polar surface area (TPSA) is 57.7 Å². The molecule has 1 fully saturated rings. The summed E-state index contributed by atoms with van der Waals surface area (Å²) in [5.74, 6) is -0.149. The van der Waals surface area contributed by atoms with Gasteiger partial charge in [-0.3, -0.25) is 9.10 Å². The molecular formula is C21H26N2O3S. The van der Waals surface area contributed by atoms with Gasteiger partial charge < -0.3 is 4.90 Å². The van der Waals surface area contributed by atoms with E-state index in [1.54, 1.807) is 35.2 Å². The van der Waals surface area contributed by atoms with Crippen LogP contribution >= 0.6 is 0 Å². The molecule has 1 aliphatic rings. The van der Waals surface area contributed by atoms with Crippen molar-refractivity contribution in [1.29, 1.82) is 0 Å². The van der Waals surface area contributed by atoms with Gasteiger partial charge in [-0.1, -0.05) is 29.8 Å². The fraction of sp³-hybridized carbons (Fsp3) is 0.381. The van der Waals surface area contributed by atoms with Crippen LogP contribution in [0.1, 0.15) is 29.5 Å². The molecule has 1 aliphatic heterocycles. The van der Waals surface area contributed by atoms with E-state index >= 15 is 0 Å². The zero-order valence-corrected chi connectivity index (χ0v) is 16.9. The van der Waals surface area contributed by atoms with E-state index < -0.39 is 10.0 Å². The summed E-state index contributed by atoms with van der Waals surface area (Å²) >= 11 is 0. The second-order valence-electron chi connectivity index (χ2n) is 7.13. The van der Waals surface area contributed by atoms with Crippen molar-refractivity contribution in [1.82, 2.24) is 4.90 Å². The lowest BCUT2D eigenvalue weighted by Gasteiger charge is -2.28. The largest absolute Gasteiger partial charge is 0.341 e. The Morgan fingerprint density at radius 3 is 2.26 bits per heavy atom. The highest BCUT2D eigenvalue weighted by Crippen LogP contribution is 2.29. The number of sulfonamides is 1. The number of rotatable bonds is 5. The molecule has 0 aliphatic carbocycles. The molecule has 1 amide bonds. The van der Waals surface area contributed by atoms with Gasteiger partial charge in [0.05, 0.1) is 10.6 Å². The van der Waals surface area contributed by atoms with Gasteiger partial charge in [0.1, 0.15) is 6.54 Å². The summed E-state index contributed by atoms with van der Waals surface area (Å²) in [4.78, 5) is 14.7. The molecule has 5 nitrogen and oxygen atoms in total. The van der Waals surface area contributed by atoms with Crippen LogP contribution in [0, 0.1) is 20.8 Å². The number of nitrogens with zero attached hydrogens (tertiary/aromatic N) is 2. The first kappa shape index (κ1) is 19.4. The zero-order valence-electron chi connectivity index (χ0n) is 16.1. The number of hydrogen-bond donors (Lipinski definition) is 0. The number of anilines is 1. The Kier molecular flexibility index (Phi) is 5.56. The van der Waals surface area contributed by atoms with Crippen molar-refractivity contribution in [3.05, 3.63) is 59.2 Å². The van der Waals surface area contributed by atoms with Crippen molar-refractivity contribution in [2.45, 2.75) is 38.5 Å². The number of carbonyl (C=O) groups excluding carboxylic acids is 1. The normalized spacial score (nSPS) is 14.4. The van der Waals surface area contributed by atoms with E-state index in [0.29, 0.717) is 18.8 Å². The SMILES string of the molecule is Cc1ccc(S(=O)(=O)N(CC(=O)N2CCCC2)c2cccc(C)c2C)cc1. The van der Waals surface area contributed by atoms with Gasteiger partial charge in [-0.25, -0.2) is 8.42 Å². The van der Waals surface area contributed by atoms with Gasteiger partial charge in [0.25, 0.3) is 10.0 Å². The Labute approximate surface area is 161 Å². The molecule has 3 rings (SSSR count). The molecule has 6 heteroatoms. The fourth-order valence-electron chi connectivity index (χ4n) is 3.33. The smallest absolute Gasteiger partial charge is 0.264 e. The molecule has 0 saturated carbocycles. The minimum Gasteiger partial charge on any atom is -0.341 e. The summed E-state index contributed by atoms with van der Waals surface area (Å²) in [7, 11) is -3.85. The van der Waals surface area contributed by atoms with Crippen molar-refractivity contribution in [2.24, 2.45) is 0 Å². The van der Waals surface area contributed by atoms with Crippen LogP contribution in [0.3, 0.4) is 0 Å². The lowest BCUT2D eigenvalue weighted by atomic mass is 10.1. The third kappa shape index (κ3) is 4.00. The first-order valence-electron chi connectivity index (χ1n) is 9.24. The molecular weight excluding hydrogens is 360 g/mol. The number of likely N-dealkylation sites (tertiary alicyclic amines) is 1. The molecule has 0 N–H and O–H groups in total. The maximum Gasteiger partial charge on any atom is 0.264 e. The zero-order chi connectivity index (χ0) is 19.6. The predicted octanol–water partition coefficient (Wildman–Crippen LogP) is 3.43. The van der Waals surface area contributed by atoms with Crippen LogP contribution in [0.25, 0.3) is 0 Å². The van der Waals surface area contributed by atoms with Gasteiger partial charge in [-0.05, 0) is 62.9 Å². The monoisotopic (exact) mass is 386 g/mol. The highest BCUT2D eigenvalue weighted by molar-refractivity contribution is 7.92. The fourth-order valence-corrected chi connectivity index (χ4v) is 4.80. The van der Waals surface area contributed by atoms with Crippen molar-refractivity contribution in [2.75, 3.05) is 23.9 Å². The second-order valence-corrected chi connectivity index (χ2v) is 8.99. The van der Waals surface area contributed by atoms with Crippen LogP contribution in [0.4, 0.5) is 5.69 Å². The molecule has 0 atom stereocenters. The van der Waals surface area contributed by atoms with Crippen LogP contribution < -0.4 is 4.31 Å². The average molecular weight is 387 g/mol. The maximum atomic E-state index is 13.4. The molecule has 0 aromatic heterocycles. The maximum absolute atomic E-state index is 13.4. The summed E-state index contributed by atoms with van der Waals surface area (Å²) in [5.41, 5.74) is 3.40. The van der Waals surface area contributed by atoms with Gasteiger partial charge in [0, 0.05) is 13.1 Å². The van der Waals surface area contributed by atoms with E-state index in [9.17, 15) is 13.2 Å². The summed E-state index contributed by atoms with van der Waals surface area (Å²) in [6.07, 6.45) is 1.94. The van der Waals surface area contributed by atoms with Crippen LogP contribution in [0.15, 0.2) is 47.4 Å². The van der Waals surface area contributed by atoms with Gasteiger partial charge in [0.2, 0.25) is 5.91 Å². The quantitative estimate of drug-likeness (QED) is 0.791. The van der Waals surface area contributed by atoms with Gasteiger partial charge in [-0.2, -0.15) is 0 Å². The molecule has 0 spiro atoms. The minimum absolute atomic E-state index is 0.149.